The van der Waals surface area contributed by atoms with Gasteiger partial charge in [-0.2, -0.15) is 11.8 Å². The molecule has 0 unspecified atom stereocenters. The number of carbonyl (C=O) groups is 2. The molecule has 1 amide bonds. The summed E-state index contributed by atoms with van der Waals surface area (Å²) in [5.41, 5.74) is 0. The van der Waals surface area contributed by atoms with Gasteiger partial charge in [0.25, 0.3) is 0 Å². The molecule has 1 N–H and O–H groups in total. The summed E-state index contributed by atoms with van der Waals surface area (Å²) in [6.07, 6.45) is 0.604. The molecular formula is C8H15NO2S. The zero-order valence-corrected chi connectivity index (χ0v) is 8.37. The van der Waals surface area contributed by atoms with Crippen molar-refractivity contribution >= 4 is 23.5 Å². The normalized spacial score (nSPS) is 9.50. The number of thioether (sulfide) groups is 1. The molecule has 0 heterocycles. The van der Waals surface area contributed by atoms with Crippen molar-refractivity contribution in [2.45, 2.75) is 20.3 Å². The molecule has 0 aromatic rings. The molecule has 0 aliphatic rings. The van der Waals surface area contributed by atoms with Gasteiger partial charge in [-0.15, -0.1) is 0 Å². The Hall–Kier alpha value is -0.510. The minimum Gasteiger partial charge on any atom is -0.356 e. The van der Waals surface area contributed by atoms with Gasteiger partial charge < -0.3 is 5.32 Å². The number of hydrogen-bond donors (Lipinski definition) is 1. The van der Waals surface area contributed by atoms with E-state index in [0.29, 0.717) is 18.7 Å². The Morgan fingerprint density at radius 2 is 2.08 bits per heavy atom. The summed E-state index contributed by atoms with van der Waals surface area (Å²) in [4.78, 5) is 21.2. The van der Waals surface area contributed by atoms with Crippen molar-refractivity contribution in [1.29, 1.82) is 0 Å². The maximum Gasteiger partial charge on any atom is 0.216 e. The number of carbonyl (C=O) groups excluding carboxylic acids is 2. The van der Waals surface area contributed by atoms with E-state index in [9.17, 15) is 9.59 Å². The van der Waals surface area contributed by atoms with E-state index in [-0.39, 0.29) is 11.7 Å². The Labute approximate surface area is 77.3 Å². The number of rotatable bonds is 6. The predicted molar refractivity (Wildman–Crippen MR) is 51.3 cm³/mol. The van der Waals surface area contributed by atoms with E-state index in [0.717, 1.165) is 5.75 Å². The van der Waals surface area contributed by atoms with Crippen molar-refractivity contribution < 1.29 is 9.59 Å². The molecule has 0 aromatic carbocycles. The number of amides is 1. The van der Waals surface area contributed by atoms with E-state index < -0.39 is 0 Å². The van der Waals surface area contributed by atoms with E-state index in [1.807, 2.05) is 6.92 Å². The molecule has 3 nitrogen and oxygen atoms in total. The van der Waals surface area contributed by atoms with Gasteiger partial charge in [0.05, 0.1) is 5.75 Å². The second kappa shape index (κ2) is 7.16. The molecule has 0 saturated heterocycles. The number of Topliss-reactive ketones (excluding diaryl/α,β-unsaturated/α-hetero) is 1. The first-order valence-electron chi connectivity index (χ1n) is 4.00. The van der Waals surface area contributed by atoms with Crippen molar-refractivity contribution in [2.75, 3.05) is 18.1 Å². The molecule has 0 fully saturated rings. The second-order valence-electron chi connectivity index (χ2n) is 2.43. The van der Waals surface area contributed by atoms with Crippen molar-refractivity contribution in [3.05, 3.63) is 0 Å². The average molecular weight is 189 g/mol. The fourth-order valence-corrected chi connectivity index (χ4v) is 1.41. The van der Waals surface area contributed by atoms with Crippen LogP contribution in [0, 0.1) is 0 Å². The largest absolute Gasteiger partial charge is 0.356 e. The molecule has 0 saturated carbocycles. The molecule has 70 valence electrons. The average Bonchev–Trinajstić information content (AvgIpc) is 2.03. The van der Waals surface area contributed by atoms with Crippen LogP contribution in [0.3, 0.4) is 0 Å². The Morgan fingerprint density at radius 3 is 2.58 bits per heavy atom. The topological polar surface area (TPSA) is 46.2 Å². The van der Waals surface area contributed by atoms with E-state index in [2.05, 4.69) is 5.32 Å². The van der Waals surface area contributed by atoms with Gasteiger partial charge in [0, 0.05) is 25.6 Å². The molecule has 0 aromatic heterocycles. The third-order valence-corrected chi connectivity index (χ3v) is 2.30. The molecule has 0 bridgehead atoms. The van der Waals surface area contributed by atoms with Gasteiger partial charge in [-0.05, 0) is 0 Å². The summed E-state index contributed by atoms with van der Waals surface area (Å²) >= 11 is 1.56. The molecule has 0 aliphatic carbocycles. The Kier molecular flexibility index (Phi) is 6.85. The Morgan fingerprint density at radius 1 is 1.42 bits per heavy atom. The smallest absolute Gasteiger partial charge is 0.216 e. The minimum absolute atomic E-state index is 0.0163. The molecule has 0 rings (SSSR count). The third-order valence-electron chi connectivity index (χ3n) is 1.28. The number of nitrogens with one attached hydrogen (secondary N) is 1. The Bertz CT molecular complexity index is 159. The Balaban J connectivity index is 3.11. The molecule has 12 heavy (non-hydrogen) atoms. The summed E-state index contributed by atoms with van der Waals surface area (Å²) in [7, 11) is 0. The monoisotopic (exact) mass is 189 g/mol. The van der Waals surface area contributed by atoms with E-state index in [1.165, 1.54) is 6.92 Å². The zero-order chi connectivity index (χ0) is 9.40. The standard InChI is InChI=1S/C8H15NO2S/c1-3-8(11)6-12-5-4-9-7(2)10/h3-6H2,1-2H3,(H,9,10). The minimum atomic E-state index is -0.0163. The lowest BCUT2D eigenvalue weighted by atomic mass is 10.4. The highest BCUT2D eigenvalue weighted by atomic mass is 32.2. The van der Waals surface area contributed by atoms with Crippen molar-refractivity contribution in [3.63, 3.8) is 0 Å². The quantitative estimate of drug-likeness (QED) is 0.630. The van der Waals surface area contributed by atoms with Crippen molar-refractivity contribution in [3.8, 4) is 0 Å². The van der Waals surface area contributed by atoms with Crippen molar-refractivity contribution in [1.82, 2.24) is 5.32 Å². The molecule has 0 atom stereocenters. The van der Waals surface area contributed by atoms with Crippen LogP contribution in [0.1, 0.15) is 20.3 Å². The summed E-state index contributed by atoms with van der Waals surface area (Å²) < 4.78 is 0. The van der Waals surface area contributed by atoms with Crippen LogP contribution < -0.4 is 5.32 Å². The summed E-state index contributed by atoms with van der Waals surface area (Å²) in [5.74, 6) is 1.63. The summed E-state index contributed by atoms with van der Waals surface area (Å²) in [5, 5.41) is 2.67. The van der Waals surface area contributed by atoms with Crippen LogP contribution in [0.4, 0.5) is 0 Å². The first-order valence-corrected chi connectivity index (χ1v) is 5.16. The van der Waals surface area contributed by atoms with Crippen LogP contribution in [0.25, 0.3) is 0 Å². The van der Waals surface area contributed by atoms with Gasteiger partial charge >= 0.3 is 0 Å². The first-order chi connectivity index (χ1) is 5.66. The van der Waals surface area contributed by atoms with Crippen LogP contribution in [0.5, 0.6) is 0 Å². The van der Waals surface area contributed by atoms with Crippen molar-refractivity contribution in [2.24, 2.45) is 0 Å². The lowest BCUT2D eigenvalue weighted by Gasteiger charge is -2.00. The highest BCUT2D eigenvalue weighted by Gasteiger charge is 1.97. The number of ketones is 1. The molecule has 0 radical (unpaired) electrons. The SMILES string of the molecule is CCC(=O)CSCCNC(C)=O. The highest BCUT2D eigenvalue weighted by molar-refractivity contribution is 7.99. The van der Waals surface area contributed by atoms with Crippen LogP contribution in [-0.2, 0) is 9.59 Å². The third kappa shape index (κ3) is 7.60. The predicted octanol–water partition coefficient (Wildman–Crippen LogP) is 0.835. The lowest BCUT2D eigenvalue weighted by Crippen LogP contribution is -2.22. The zero-order valence-electron chi connectivity index (χ0n) is 7.55. The van der Waals surface area contributed by atoms with Crippen LogP contribution in [0.15, 0.2) is 0 Å². The molecular weight excluding hydrogens is 174 g/mol. The molecule has 4 heteroatoms. The fourth-order valence-electron chi connectivity index (χ4n) is 0.587. The second-order valence-corrected chi connectivity index (χ2v) is 3.53. The van der Waals surface area contributed by atoms with Crippen LogP contribution >= 0.6 is 11.8 Å². The van der Waals surface area contributed by atoms with Crippen LogP contribution in [0.2, 0.25) is 0 Å². The number of hydrogen-bond acceptors (Lipinski definition) is 3. The molecule has 0 aliphatic heterocycles. The summed E-state index contributed by atoms with van der Waals surface area (Å²) in [6, 6.07) is 0. The van der Waals surface area contributed by atoms with Crippen LogP contribution in [-0.4, -0.2) is 29.7 Å². The first kappa shape index (κ1) is 11.5. The van der Waals surface area contributed by atoms with Gasteiger partial charge in [0.2, 0.25) is 5.91 Å². The lowest BCUT2D eigenvalue weighted by molar-refractivity contribution is -0.119. The van der Waals surface area contributed by atoms with Gasteiger partial charge in [-0.1, -0.05) is 6.92 Å². The van der Waals surface area contributed by atoms with Gasteiger partial charge in [-0.25, -0.2) is 0 Å². The summed E-state index contributed by atoms with van der Waals surface area (Å²) in [6.45, 7) is 4.00. The van der Waals surface area contributed by atoms with Gasteiger partial charge in [-0.3, -0.25) is 9.59 Å². The van der Waals surface area contributed by atoms with E-state index in [4.69, 9.17) is 0 Å². The van der Waals surface area contributed by atoms with Gasteiger partial charge in [0.1, 0.15) is 5.78 Å². The van der Waals surface area contributed by atoms with E-state index >= 15 is 0 Å². The molecule has 0 spiro atoms. The fraction of sp³-hybridized carbons (Fsp3) is 0.750. The highest BCUT2D eigenvalue weighted by Crippen LogP contribution is 1.99. The maximum atomic E-state index is 10.8. The maximum absolute atomic E-state index is 10.8. The van der Waals surface area contributed by atoms with E-state index in [1.54, 1.807) is 11.8 Å². The van der Waals surface area contributed by atoms with Gasteiger partial charge in [0.15, 0.2) is 0 Å².